The molecule has 17 heavy (non-hydrogen) atoms. The number of nitrogens with zero attached hydrogens (tertiary/aromatic N) is 1. The van der Waals surface area contributed by atoms with Crippen molar-refractivity contribution in [2.75, 3.05) is 0 Å². The quantitative estimate of drug-likeness (QED) is 0.624. The summed E-state index contributed by atoms with van der Waals surface area (Å²) in [6.45, 7) is 1.78. The topological polar surface area (TPSA) is 62.2 Å². The van der Waals surface area contributed by atoms with Gasteiger partial charge in [-0.2, -0.15) is 0 Å². The number of aromatic carboxylic acids is 1. The molecule has 1 atom stereocenters. The van der Waals surface area contributed by atoms with Crippen molar-refractivity contribution >= 4 is 23.1 Å². The molecular weight excluding hydrogens is 240 g/mol. The summed E-state index contributed by atoms with van der Waals surface area (Å²) < 4.78 is 0. The predicted molar refractivity (Wildman–Crippen MR) is 65.7 cm³/mol. The van der Waals surface area contributed by atoms with E-state index in [0.717, 1.165) is 0 Å². The van der Waals surface area contributed by atoms with Gasteiger partial charge in [0.2, 0.25) is 0 Å². The molecule has 0 aliphatic carbocycles. The maximum absolute atomic E-state index is 11.1. The predicted octanol–water partition coefficient (Wildman–Crippen LogP) is 2.24. The molecule has 1 aliphatic rings. The molecule has 0 saturated carbocycles. The minimum absolute atomic E-state index is 0.165. The fourth-order valence-corrected chi connectivity index (χ4v) is 1.81. The van der Waals surface area contributed by atoms with E-state index in [0.29, 0.717) is 11.3 Å². The molecule has 0 bridgehead atoms. The normalized spacial score (nSPS) is 22.8. The molecule has 1 aliphatic heterocycles. The van der Waals surface area contributed by atoms with Gasteiger partial charge in [0.25, 0.3) is 0 Å². The summed E-state index contributed by atoms with van der Waals surface area (Å²) in [6, 6.07) is 3.12. The van der Waals surface area contributed by atoms with Gasteiger partial charge in [0.05, 0.1) is 11.3 Å². The minimum atomic E-state index is -1.00. The third kappa shape index (κ3) is 2.47. The lowest BCUT2D eigenvalue weighted by Crippen LogP contribution is -2.32. The lowest BCUT2D eigenvalue weighted by Gasteiger charge is -2.23. The molecule has 5 heteroatoms. The van der Waals surface area contributed by atoms with Gasteiger partial charge in [0, 0.05) is 11.8 Å². The fourth-order valence-electron chi connectivity index (χ4n) is 1.63. The Balaban J connectivity index is 2.51. The first-order valence-corrected chi connectivity index (χ1v) is 5.42. The molecule has 2 heterocycles. The Hall–Kier alpha value is -1.81. The van der Waals surface area contributed by atoms with E-state index in [2.05, 4.69) is 10.3 Å². The van der Waals surface area contributed by atoms with Gasteiger partial charge in [-0.3, -0.25) is 4.98 Å². The van der Waals surface area contributed by atoms with Gasteiger partial charge in [0.15, 0.2) is 0 Å². The van der Waals surface area contributed by atoms with E-state index in [-0.39, 0.29) is 5.56 Å². The third-order valence-corrected chi connectivity index (χ3v) is 2.58. The number of pyridine rings is 1. The van der Waals surface area contributed by atoms with Gasteiger partial charge >= 0.3 is 5.97 Å². The van der Waals surface area contributed by atoms with Crippen LogP contribution in [0, 0.1) is 0 Å². The summed E-state index contributed by atoms with van der Waals surface area (Å²) >= 11 is 6.13. The van der Waals surface area contributed by atoms with Gasteiger partial charge < -0.3 is 10.4 Å². The maximum atomic E-state index is 11.1. The first-order valence-electron chi connectivity index (χ1n) is 5.04. The molecular formula is C12H11ClN2O2. The highest BCUT2D eigenvalue weighted by molar-refractivity contribution is 6.25. The third-order valence-electron chi connectivity index (χ3n) is 2.37. The van der Waals surface area contributed by atoms with Gasteiger partial charge in [-0.25, -0.2) is 4.79 Å². The van der Waals surface area contributed by atoms with Crippen LogP contribution in [0.5, 0.6) is 0 Å². The molecule has 4 nitrogen and oxygen atoms in total. The van der Waals surface area contributed by atoms with Crippen LogP contribution in [0.15, 0.2) is 36.7 Å². The number of hydrogen-bond donors (Lipinski definition) is 2. The van der Waals surface area contributed by atoms with E-state index in [9.17, 15) is 4.79 Å². The molecule has 1 unspecified atom stereocenters. The lowest BCUT2D eigenvalue weighted by molar-refractivity contribution is 0.0696. The van der Waals surface area contributed by atoms with Crippen molar-refractivity contribution in [2.45, 2.75) is 11.9 Å². The Labute approximate surface area is 104 Å². The highest BCUT2D eigenvalue weighted by atomic mass is 35.5. The second kappa shape index (κ2) is 4.22. The van der Waals surface area contributed by atoms with E-state index < -0.39 is 11.0 Å². The fraction of sp³-hybridized carbons (Fsp3) is 0.167. The van der Waals surface area contributed by atoms with Crippen molar-refractivity contribution in [3.8, 4) is 0 Å². The molecule has 88 valence electrons. The van der Waals surface area contributed by atoms with Gasteiger partial charge in [-0.15, -0.1) is 0 Å². The van der Waals surface area contributed by atoms with Crippen molar-refractivity contribution in [1.29, 1.82) is 0 Å². The van der Waals surface area contributed by atoms with E-state index in [1.807, 2.05) is 0 Å². The smallest absolute Gasteiger partial charge is 0.337 e. The first kappa shape index (κ1) is 11.7. The summed E-state index contributed by atoms with van der Waals surface area (Å²) in [5, 5.41) is 12.0. The summed E-state index contributed by atoms with van der Waals surface area (Å²) in [4.78, 5) is 14.5. The highest BCUT2D eigenvalue weighted by Crippen LogP contribution is 2.26. The Morgan fingerprint density at radius 2 is 2.35 bits per heavy atom. The standard InChI is InChI=1S/C12H11ClN2O2/c1-12(13)7-8(4-6-15-12)10-9(11(16)17)3-2-5-14-10/h2-7,15H,1H3,(H,16,17). The van der Waals surface area contributed by atoms with E-state index >= 15 is 0 Å². The number of nitrogens with one attached hydrogen (secondary N) is 1. The molecule has 0 radical (unpaired) electrons. The molecule has 2 rings (SSSR count). The maximum Gasteiger partial charge on any atom is 0.337 e. The van der Waals surface area contributed by atoms with Crippen LogP contribution in [0.1, 0.15) is 23.0 Å². The van der Waals surface area contributed by atoms with Crippen molar-refractivity contribution in [3.05, 3.63) is 47.9 Å². The number of halogens is 1. The van der Waals surface area contributed by atoms with Crippen LogP contribution in [0.4, 0.5) is 0 Å². The second-order valence-electron chi connectivity index (χ2n) is 3.86. The van der Waals surface area contributed by atoms with Crippen LogP contribution in [0.3, 0.4) is 0 Å². The number of rotatable bonds is 2. The average molecular weight is 251 g/mol. The molecule has 0 aromatic carbocycles. The molecule has 1 aromatic rings. The number of dihydropyridines is 1. The molecule has 0 saturated heterocycles. The van der Waals surface area contributed by atoms with Crippen LogP contribution >= 0.6 is 11.6 Å². The average Bonchev–Trinajstić information content (AvgIpc) is 2.27. The summed E-state index contributed by atoms with van der Waals surface area (Å²) in [5.41, 5.74) is 1.28. The first-order chi connectivity index (χ1) is 7.99. The van der Waals surface area contributed by atoms with E-state index in [1.54, 1.807) is 37.5 Å². The molecule has 0 spiro atoms. The Morgan fingerprint density at radius 3 is 3.00 bits per heavy atom. The number of carboxylic acids is 1. The number of alkyl halides is 1. The van der Waals surface area contributed by atoms with Crippen LogP contribution in [-0.2, 0) is 0 Å². The van der Waals surface area contributed by atoms with Crippen LogP contribution < -0.4 is 5.32 Å². The molecule has 2 N–H and O–H groups in total. The zero-order chi connectivity index (χ0) is 12.5. The number of hydrogen-bond acceptors (Lipinski definition) is 3. The van der Waals surface area contributed by atoms with Gasteiger partial charge in [-0.1, -0.05) is 11.6 Å². The monoisotopic (exact) mass is 250 g/mol. The highest BCUT2D eigenvalue weighted by Gasteiger charge is 2.22. The number of carbonyl (C=O) groups is 1. The van der Waals surface area contributed by atoms with Crippen molar-refractivity contribution < 1.29 is 9.90 Å². The largest absolute Gasteiger partial charge is 0.478 e. The van der Waals surface area contributed by atoms with Crippen LogP contribution in [0.2, 0.25) is 0 Å². The van der Waals surface area contributed by atoms with Crippen molar-refractivity contribution in [1.82, 2.24) is 10.3 Å². The Morgan fingerprint density at radius 1 is 1.59 bits per heavy atom. The summed E-state index contributed by atoms with van der Waals surface area (Å²) in [5.74, 6) is -1.00. The number of carboxylic acid groups (broad SMARTS) is 1. The van der Waals surface area contributed by atoms with Gasteiger partial charge in [-0.05, 0) is 37.4 Å². The minimum Gasteiger partial charge on any atom is -0.478 e. The molecule has 0 fully saturated rings. The molecule has 0 amide bonds. The Kier molecular flexibility index (Phi) is 2.90. The Bertz CT molecular complexity index is 521. The van der Waals surface area contributed by atoms with E-state index in [4.69, 9.17) is 16.7 Å². The van der Waals surface area contributed by atoms with Crippen molar-refractivity contribution in [3.63, 3.8) is 0 Å². The zero-order valence-corrected chi connectivity index (χ0v) is 9.90. The summed E-state index contributed by atoms with van der Waals surface area (Å²) in [7, 11) is 0. The van der Waals surface area contributed by atoms with Crippen LogP contribution in [0.25, 0.3) is 5.57 Å². The summed E-state index contributed by atoms with van der Waals surface area (Å²) in [6.07, 6.45) is 6.73. The van der Waals surface area contributed by atoms with E-state index in [1.165, 1.54) is 6.07 Å². The van der Waals surface area contributed by atoms with Crippen LogP contribution in [-0.4, -0.2) is 21.1 Å². The molecule has 1 aromatic heterocycles. The zero-order valence-electron chi connectivity index (χ0n) is 9.14. The number of aromatic nitrogens is 1. The lowest BCUT2D eigenvalue weighted by atomic mass is 10.0. The SMILES string of the molecule is CC1(Cl)C=C(c2ncccc2C(=O)O)C=CN1. The van der Waals surface area contributed by atoms with Gasteiger partial charge in [0.1, 0.15) is 5.00 Å². The van der Waals surface area contributed by atoms with Crippen molar-refractivity contribution in [2.24, 2.45) is 0 Å². The number of allylic oxidation sites excluding steroid dienone is 2. The second-order valence-corrected chi connectivity index (χ2v) is 4.64.